The third kappa shape index (κ3) is 1.32. The summed E-state index contributed by atoms with van der Waals surface area (Å²) < 4.78 is 6.86. The molecule has 0 aliphatic heterocycles. The van der Waals surface area contributed by atoms with E-state index in [1.54, 1.807) is 17.7 Å². The minimum absolute atomic E-state index is 0.341. The Balaban J connectivity index is 2.56. The molecule has 0 saturated carbocycles. The zero-order valence-electron chi connectivity index (χ0n) is 9.62. The van der Waals surface area contributed by atoms with Crippen LogP contribution in [0.1, 0.15) is 10.4 Å². The Kier molecular flexibility index (Phi) is 2.16. The summed E-state index contributed by atoms with van der Waals surface area (Å²) in [5, 5.41) is 4.94. The maximum Gasteiger partial charge on any atom is 0.252 e. The first kappa shape index (κ1) is 10.5. The quantitative estimate of drug-likeness (QED) is 0.726. The Hall–Kier alpha value is -2.63. The summed E-state index contributed by atoms with van der Waals surface area (Å²) in [6.07, 6.45) is 1.38. The van der Waals surface area contributed by atoms with E-state index in [2.05, 4.69) is 10.1 Å². The van der Waals surface area contributed by atoms with Crippen molar-refractivity contribution < 1.29 is 9.53 Å². The number of carbonyl (C=O) groups excluding carboxylic acids is 1. The van der Waals surface area contributed by atoms with Crippen LogP contribution in [0.2, 0.25) is 0 Å². The highest BCUT2D eigenvalue weighted by atomic mass is 16.5. The highest BCUT2D eigenvalue weighted by Gasteiger charge is 2.14. The first-order valence-corrected chi connectivity index (χ1v) is 5.31. The van der Waals surface area contributed by atoms with Crippen LogP contribution in [0.3, 0.4) is 0 Å². The van der Waals surface area contributed by atoms with E-state index in [9.17, 15) is 4.79 Å². The number of hydrogen-bond acceptors (Lipinski definition) is 4. The number of fused-ring (bicyclic) bond motifs is 3. The molecule has 3 rings (SSSR count). The molecule has 2 N–H and O–H groups in total. The molecule has 2 aromatic heterocycles. The molecule has 0 unspecified atom stereocenters. The molecule has 1 amide bonds. The van der Waals surface area contributed by atoms with Crippen LogP contribution in [0.4, 0.5) is 0 Å². The molecule has 0 aliphatic rings. The van der Waals surface area contributed by atoms with Gasteiger partial charge in [-0.3, -0.25) is 4.79 Å². The molecule has 0 spiro atoms. The van der Waals surface area contributed by atoms with Crippen LogP contribution in [-0.2, 0) is 0 Å². The van der Waals surface area contributed by atoms with Gasteiger partial charge in [0.15, 0.2) is 5.65 Å². The number of para-hydroxylation sites is 1. The Bertz CT molecular complexity index is 763. The molecular weight excluding hydrogens is 232 g/mol. The van der Waals surface area contributed by atoms with Gasteiger partial charge < -0.3 is 10.5 Å². The largest absolute Gasteiger partial charge is 0.494 e. The lowest BCUT2D eigenvalue weighted by atomic mass is 10.1. The zero-order valence-corrected chi connectivity index (χ0v) is 9.62. The number of amides is 1. The molecular formula is C12H10N4O2. The fourth-order valence-electron chi connectivity index (χ4n) is 2.04. The Labute approximate surface area is 102 Å². The van der Waals surface area contributed by atoms with E-state index in [0.717, 1.165) is 10.9 Å². The van der Waals surface area contributed by atoms with Crippen molar-refractivity contribution in [2.75, 3.05) is 7.11 Å². The predicted octanol–water partition coefficient (Wildman–Crippen LogP) is 0.990. The number of hydrogen-bond donors (Lipinski definition) is 1. The first-order chi connectivity index (χ1) is 8.72. The van der Waals surface area contributed by atoms with Gasteiger partial charge >= 0.3 is 0 Å². The molecule has 6 heteroatoms. The van der Waals surface area contributed by atoms with Gasteiger partial charge in [0, 0.05) is 5.39 Å². The van der Waals surface area contributed by atoms with Crippen molar-refractivity contribution in [2.45, 2.75) is 0 Å². The molecule has 0 atom stereocenters. The Morgan fingerprint density at radius 2 is 2.28 bits per heavy atom. The highest BCUT2D eigenvalue weighted by Crippen LogP contribution is 2.27. The number of carbonyl (C=O) groups is 1. The van der Waals surface area contributed by atoms with Gasteiger partial charge in [0.25, 0.3) is 5.91 Å². The van der Waals surface area contributed by atoms with Crippen molar-refractivity contribution >= 4 is 22.5 Å². The van der Waals surface area contributed by atoms with Crippen molar-refractivity contribution in [3.05, 3.63) is 36.2 Å². The van der Waals surface area contributed by atoms with E-state index in [1.807, 2.05) is 18.2 Å². The lowest BCUT2D eigenvalue weighted by Crippen LogP contribution is -2.13. The molecule has 0 aliphatic carbocycles. The van der Waals surface area contributed by atoms with Crippen molar-refractivity contribution in [1.82, 2.24) is 14.6 Å². The van der Waals surface area contributed by atoms with E-state index in [0.29, 0.717) is 17.0 Å². The number of benzene rings is 1. The van der Waals surface area contributed by atoms with Crippen LogP contribution in [0.5, 0.6) is 5.75 Å². The van der Waals surface area contributed by atoms with Gasteiger partial charge in [-0.05, 0) is 12.1 Å². The minimum Gasteiger partial charge on any atom is -0.494 e. The van der Waals surface area contributed by atoms with Crippen molar-refractivity contribution in [3.63, 3.8) is 0 Å². The molecule has 90 valence electrons. The van der Waals surface area contributed by atoms with Crippen LogP contribution >= 0.6 is 0 Å². The van der Waals surface area contributed by atoms with Crippen LogP contribution in [0, 0.1) is 0 Å². The summed E-state index contributed by atoms with van der Waals surface area (Å²) in [6, 6.07) is 7.23. The third-order valence-corrected chi connectivity index (χ3v) is 2.82. The van der Waals surface area contributed by atoms with Crippen LogP contribution < -0.4 is 10.5 Å². The lowest BCUT2D eigenvalue weighted by molar-refractivity contribution is 0.100. The average Bonchev–Trinajstić information content (AvgIpc) is 2.85. The molecule has 1 aromatic carbocycles. The average molecular weight is 242 g/mol. The monoisotopic (exact) mass is 242 g/mol. The highest BCUT2D eigenvalue weighted by molar-refractivity contribution is 6.03. The lowest BCUT2D eigenvalue weighted by Gasteiger charge is -2.08. The van der Waals surface area contributed by atoms with Gasteiger partial charge in [0.2, 0.25) is 0 Å². The SMILES string of the molecule is COc1cccc2cc(C(N)=O)c3ncnn3c12. The van der Waals surface area contributed by atoms with Gasteiger partial charge in [-0.1, -0.05) is 12.1 Å². The molecule has 3 aromatic rings. The summed E-state index contributed by atoms with van der Waals surface area (Å²) in [5.74, 6) is 0.136. The van der Waals surface area contributed by atoms with Gasteiger partial charge in [0.1, 0.15) is 17.6 Å². The summed E-state index contributed by atoms with van der Waals surface area (Å²) in [6.45, 7) is 0. The molecule has 0 radical (unpaired) electrons. The summed E-state index contributed by atoms with van der Waals surface area (Å²) in [5.41, 5.74) is 6.88. The first-order valence-electron chi connectivity index (χ1n) is 5.31. The Morgan fingerprint density at radius 1 is 1.44 bits per heavy atom. The molecule has 2 heterocycles. The number of nitrogens with two attached hydrogens (primary N) is 1. The van der Waals surface area contributed by atoms with Gasteiger partial charge in [-0.15, -0.1) is 0 Å². The number of aromatic nitrogens is 3. The zero-order chi connectivity index (χ0) is 12.7. The van der Waals surface area contributed by atoms with Crippen LogP contribution in [-0.4, -0.2) is 27.6 Å². The number of nitrogens with zero attached hydrogens (tertiary/aromatic N) is 3. The maximum absolute atomic E-state index is 11.4. The second kappa shape index (κ2) is 3.69. The number of primary amides is 1. The van der Waals surface area contributed by atoms with Gasteiger partial charge in [-0.25, -0.2) is 9.50 Å². The minimum atomic E-state index is -0.530. The summed E-state index contributed by atoms with van der Waals surface area (Å²) in [7, 11) is 1.58. The molecule has 6 nitrogen and oxygen atoms in total. The van der Waals surface area contributed by atoms with Crippen molar-refractivity contribution in [3.8, 4) is 5.75 Å². The predicted molar refractivity (Wildman–Crippen MR) is 65.6 cm³/mol. The van der Waals surface area contributed by atoms with Crippen molar-refractivity contribution in [2.24, 2.45) is 5.73 Å². The normalized spacial score (nSPS) is 10.9. The summed E-state index contributed by atoms with van der Waals surface area (Å²) >= 11 is 0. The number of ether oxygens (including phenoxy) is 1. The second-order valence-electron chi connectivity index (χ2n) is 3.82. The molecule has 18 heavy (non-hydrogen) atoms. The second-order valence-corrected chi connectivity index (χ2v) is 3.82. The van der Waals surface area contributed by atoms with Gasteiger partial charge in [-0.2, -0.15) is 5.10 Å². The molecule has 0 bridgehead atoms. The Morgan fingerprint density at radius 3 is 3.00 bits per heavy atom. The van der Waals surface area contributed by atoms with E-state index in [1.165, 1.54) is 6.33 Å². The third-order valence-electron chi connectivity index (χ3n) is 2.82. The van der Waals surface area contributed by atoms with Crippen LogP contribution in [0.25, 0.3) is 16.6 Å². The van der Waals surface area contributed by atoms with E-state index >= 15 is 0 Å². The topological polar surface area (TPSA) is 82.5 Å². The maximum atomic E-state index is 11.4. The van der Waals surface area contributed by atoms with Gasteiger partial charge in [0.05, 0.1) is 12.7 Å². The number of rotatable bonds is 2. The van der Waals surface area contributed by atoms with E-state index in [4.69, 9.17) is 10.5 Å². The standard InChI is InChI=1S/C12H10N4O2/c1-18-9-4-2-3-7-5-8(11(13)17)12-14-6-15-16(12)10(7)9/h2-6H,1H3,(H2,13,17). The smallest absolute Gasteiger partial charge is 0.252 e. The van der Waals surface area contributed by atoms with E-state index < -0.39 is 5.91 Å². The number of methoxy groups -OCH3 is 1. The number of pyridine rings is 1. The summed E-state index contributed by atoms with van der Waals surface area (Å²) in [4.78, 5) is 15.5. The molecule has 0 saturated heterocycles. The fourth-order valence-corrected chi connectivity index (χ4v) is 2.04. The van der Waals surface area contributed by atoms with Crippen LogP contribution in [0.15, 0.2) is 30.6 Å². The molecule has 0 fully saturated rings. The van der Waals surface area contributed by atoms with E-state index in [-0.39, 0.29) is 0 Å². The fraction of sp³-hybridized carbons (Fsp3) is 0.0833. The van der Waals surface area contributed by atoms with Crippen molar-refractivity contribution in [1.29, 1.82) is 0 Å².